The van der Waals surface area contributed by atoms with Crippen LogP contribution in [0.1, 0.15) is 28.5 Å². The van der Waals surface area contributed by atoms with Gasteiger partial charge in [0.25, 0.3) is 5.91 Å². The van der Waals surface area contributed by atoms with E-state index in [2.05, 4.69) is 10.4 Å². The molecule has 0 aliphatic carbocycles. The second kappa shape index (κ2) is 7.06. The van der Waals surface area contributed by atoms with Crippen LogP contribution in [0.5, 0.6) is 5.75 Å². The third-order valence-corrected chi connectivity index (χ3v) is 3.37. The van der Waals surface area contributed by atoms with Crippen LogP contribution in [0.15, 0.2) is 36.5 Å². The molecule has 0 saturated heterocycles. The summed E-state index contributed by atoms with van der Waals surface area (Å²) in [6.45, 7) is 2.35. The Kier molecular flexibility index (Phi) is 5.14. The molecule has 0 radical (unpaired) electrons. The lowest BCUT2D eigenvalue weighted by Gasteiger charge is -2.08. The fraction of sp³-hybridized carbons (Fsp3) is 0.200. The van der Waals surface area contributed by atoms with Crippen molar-refractivity contribution in [3.63, 3.8) is 0 Å². The predicted molar refractivity (Wildman–Crippen MR) is 81.1 cm³/mol. The molecule has 0 saturated carbocycles. The number of rotatable bonds is 5. The number of nitrogen functional groups attached to an aromatic ring is 1. The lowest BCUT2D eigenvalue weighted by atomic mass is 10.1. The van der Waals surface area contributed by atoms with Crippen molar-refractivity contribution in [2.75, 3.05) is 0 Å². The predicted octanol–water partition coefficient (Wildman–Crippen LogP) is 2.48. The van der Waals surface area contributed by atoms with Crippen LogP contribution in [0.25, 0.3) is 0 Å². The van der Waals surface area contributed by atoms with Crippen molar-refractivity contribution in [3.8, 4) is 5.75 Å². The monoisotopic (exact) mass is 305 g/mol. The Hall–Kier alpha value is -2.11. The SMILES string of the molecule is CCc1cc(OCc2ccc(C(=O)NN)cn2)ccc1Cl. The summed E-state index contributed by atoms with van der Waals surface area (Å²) < 4.78 is 5.67. The fourth-order valence-corrected chi connectivity index (χ4v) is 2.05. The second-order valence-electron chi connectivity index (χ2n) is 4.41. The van der Waals surface area contributed by atoms with E-state index in [-0.39, 0.29) is 5.91 Å². The number of nitrogens with zero attached hydrogens (tertiary/aromatic N) is 1. The van der Waals surface area contributed by atoms with Crippen molar-refractivity contribution >= 4 is 17.5 Å². The molecule has 2 aromatic rings. The summed E-state index contributed by atoms with van der Waals surface area (Å²) in [4.78, 5) is 15.4. The van der Waals surface area contributed by atoms with E-state index in [0.717, 1.165) is 28.5 Å². The highest BCUT2D eigenvalue weighted by molar-refractivity contribution is 6.31. The highest BCUT2D eigenvalue weighted by atomic mass is 35.5. The maximum absolute atomic E-state index is 11.3. The molecule has 5 nitrogen and oxygen atoms in total. The smallest absolute Gasteiger partial charge is 0.266 e. The fourth-order valence-electron chi connectivity index (χ4n) is 1.80. The number of carbonyl (C=O) groups is 1. The van der Waals surface area contributed by atoms with Gasteiger partial charge in [-0.15, -0.1) is 0 Å². The van der Waals surface area contributed by atoms with Gasteiger partial charge in [-0.25, -0.2) is 5.84 Å². The molecule has 0 atom stereocenters. The van der Waals surface area contributed by atoms with E-state index in [4.69, 9.17) is 22.2 Å². The van der Waals surface area contributed by atoms with Crippen molar-refractivity contribution in [1.29, 1.82) is 0 Å². The Morgan fingerprint density at radius 2 is 2.19 bits per heavy atom. The number of aryl methyl sites for hydroxylation is 1. The van der Waals surface area contributed by atoms with Crippen molar-refractivity contribution in [1.82, 2.24) is 10.4 Å². The van der Waals surface area contributed by atoms with Crippen molar-refractivity contribution in [3.05, 3.63) is 58.4 Å². The number of pyridine rings is 1. The largest absolute Gasteiger partial charge is 0.487 e. The van der Waals surface area contributed by atoms with Gasteiger partial charge in [-0.2, -0.15) is 0 Å². The average Bonchev–Trinajstić information content (AvgIpc) is 2.53. The average molecular weight is 306 g/mol. The normalized spacial score (nSPS) is 10.2. The zero-order valence-electron chi connectivity index (χ0n) is 11.6. The van der Waals surface area contributed by atoms with Gasteiger partial charge in [-0.1, -0.05) is 18.5 Å². The number of nitrogens with one attached hydrogen (secondary N) is 1. The number of amides is 1. The number of benzene rings is 1. The van der Waals surface area contributed by atoms with Gasteiger partial charge in [0.15, 0.2) is 0 Å². The molecule has 3 N–H and O–H groups in total. The van der Waals surface area contributed by atoms with Crippen LogP contribution in [-0.2, 0) is 13.0 Å². The maximum Gasteiger partial charge on any atom is 0.266 e. The molecule has 1 aromatic carbocycles. The summed E-state index contributed by atoms with van der Waals surface area (Å²) in [6, 6.07) is 8.92. The number of halogens is 1. The minimum Gasteiger partial charge on any atom is -0.487 e. The van der Waals surface area contributed by atoms with Crippen LogP contribution in [0, 0.1) is 0 Å². The van der Waals surface area contributed by atoms with Crippen LogP contribution in [-0.4, -0.2) is 10.9 Å². The molecular weight excluding hydrogens is 290 g/mol. The van der Waals surface area contributed by atoms with Gasteiger partial charge >= 0.3 is 0 Å². The summed E-state index contributed by atoms with van der Waals surface area (Å²) in [5.41, 5.74) is 4.22. The van der Waals surface area contributed by atoms with E-state index in [1.54, 1.807) is 12.1 Å². The first-order chi connectivity index (χ1) is 10.1. The summed E-state index contributed by atoms with van der Waals surface area (Å²) in [5, 5.41) is 0.736. The topological polar surface area (TPSA) is 77.2 Å². The summed E-state index contributed by atoms with van der Waals surface area (Å²) >= 11 is 6.06. The number of carbonyl (C=O) groups excluding carboxylic acids is 1. The van der Waals surface area contributed by atoms with Crippen molar-refractivity contribution in [2.45, 2.75) is 20.0 Å². The third-order valence-electron chi connectivity index (χ3n) is 3.00. The van der Waals surface area contributed by atoms with Crippen LogP contribution in [0.4, 0.5) is 0 Å². The first kappa shape index (κ1) is 15.3. The van der Waals surface area contributed by atoms with E-state index < -0.39 is 0 Å². The van der Waals surface area contributed by atoms with Gasteiger partial charge in [-0.05, 0) is 42.3 Å². The van der Waals surface area contributed by atoms with E-state index in [1.807, 2.05) is 25.1 Å². The number of hydrogen-bond acceptors (Lipinski definition) is 4. The molecule has 0 spiro atoms. The Morgan fingerprint density at radius 3 is 2.81 bits per heavy atom. The highest BCUT2D eigenvalue weighted by Crippen LogP contribution is 2.23. The van der Waals surface area contributed by atoms with E-state index in [0.29, 0.717) is 12.2 Å². The summed E-state index contributed by atoms with van der Waals surface area (Å²) in [6.07, 6.45) is 2.30. The zero-order valence-corrected chi connectivity index (χ0v) is 12.4. The molecular formula is C15H16ClN3O2. The number of nitrogens with two attached hydrogens (primary N) is 1. The first-order valence-corrected chi connectivity index (χ1v) is 6.89. The number of hydrogen-bond donors (Lipinski definition) is 2. The van der Waals surface area contributed by atoms with E-state index in [9.17, 15) is 4.79 Å². The maximum atomic E-state index is 11.3. The molecule has 2 rings (SSSR count). The minimum absolute atomic E-state index is 0.315. The van der Waals surface area contributed by atoms with Gasteiger partial charge < -0.3 is 4.74 Å². The molecule has 0 bridgehead atoms. The molecule has 6 heteroatoms. The van der Waals surface area contributed by atoms with Crippen LogP contribution < -0.4 is 16.0 Å². The number of ether oxygens (including phenoxy) is 1. The molecule has 0 fully saturated rings. The molecule has 1 aromatic heterocycles. The zero-order chi connectivity index (χ0) is 15.2. The first-order valence-electron chi connectivity index (χ1n) is 6.51. The van der Waals surface area contributed by atoms with Gasteiger partial charge in [0.2, 0.25) is 0 Å². The Balaban J connectivity index is 2.01. The molecule has 110 valence electrons. The molecule has 0 aliphatic heterocycles. The Bertz CT molecular complexity index is 629. The van der Waals surface area contributed by atoms with Crippen LogP contribution in [0.2, 0.25) is 5.02 Å². The molecule has 0 aliphatic rings. The van der Waals surface area contributed by atoms with Gasteiger partial charge in [0, 0.05) is 11.2 Å². The molecule has 1 amide bonds. The van der Waals surface area contributed by atoms with Gasteiger partial charge in [0.05, 0.1) is 11.3 Å². The quantitative estimate of drug-likeness (QED) is 0.505. The lowest BCUT2D eigenvalue weighted by Crippen LogP contribution is -2.30. The number of hydrazine groups is 1. The van der Waals surface area contributed by atoms with Gasteiger partial charge in [0.1, 0.15) is 12.4 Å². The van der Waals surface area contributed by atoms with Gasteiger partial charge in [-0.3, -0.25) is 15.2 Å². The summed E-state index contributed by atoms with van der Waals surface area (Å²) in [5.74, 6) is 5.42. The van der Waals surface area contributed by atoms with Crippen LogP contribution in [0.3, 0.4) is 0 Å². The van der Waals surface area contributed by atoms with E-state index in [1.165, 1.54) is 6.20 Å². The third kappa shape index (κ3) is 3.93. The molecule has 21 heavy (non-hydrogen) atoms. The van der Waals surface area contributed by atoms with Crippen LogP contribution >= 0.6 is 11.6 Å². The molecule has 0 unspecified atom stereocenters. The highest BCUT2D eigenvalue weighted by Gasteiger charge is 2.05. The Morgan fingerprint density at radius 1 is 1.38 bits per heavy atom. The minimum atomic E-state index is -0.375. The standard InChI is InChI=1S/C15H16ClN3O2/c1-2-10-7-13(5-6-14(10)16)21-9-12-4-3-11(8-18-12)15(20)19-17/h3-8H,2,9,17H2,1H3,(H,19,20). The van der Waals surface area contributed by atoms with E-state index >= 15 is 0 Å². The molecule has 1 heterocycles. The number of aromatic nitrogens is 1. The lowest BCUT2D eigenvalue weighted by molar-refractivity contribution is 0.0953. The summed E-state index contributed by atoms with van der Waals surface area (Å²) in [7, 11) is 0. The second-order valence-corrected chi connectivity index (χ2v) is 4.81. The van der Waals surface area contributed by atoms with Crippen molar-refractivity contribution in [2.24, 2.45) is 5.84 Å². The Labute approximate surface area is 128 Å². The van der Waals surface area contributed by atoms with Crippen molar-refractivity contribution < 1.29 is 9.53 Å².